The van der Waals surface area contributed by atoms with Crippen LogP contribution in [-0.2, 0) is 11.3 Å². The predicted octanol–water partition coefficient (Wildman–Crippen LogP) is 1.80. The van der Waals surface area contributed by atoms with Crippen molar-refractivity contribution in [1.82, 2.24) is 9.55 Å². The van der Waals surface area contributed by atoms with E-state index in [0.29, 0.717) is 6.54 Å². The van der Waals surface area contributed by atoms with E-state index in [1.807, 2.05) is 4.57 Å². The van der Waals surface area contributed by atoms with E-state index in [1.54, 1.807) is 30.9 Å². The van der Waals surface area contributed by atoms with Gasteiger partial charge < -0.3 is 9.88 Å². The molecule has 1 N–H and O–H groups in total. The van der Waals surface area contributed by atoms with E-state index < -0.39 is 4.92 Å². The average Bonchev–Trinajstić information content (AvgIpc) is 2.80. The lowest BCUT2D eigenvalue weighted by Gasteiger charge is -2.07. The Morgan fingerprint density at radius 2 is 2.32 bits per heavy atom. The highest BCUT2D eigenvalue weighted by Gasteiger charge is 2.15. The van der Waals surface area contributed by atoms with Crippen molar-refractivity contribution in [2.75, 3.05) is 5.32 Å². The van der Waals surface area contributed by atoms with Gasteiger partial charge in [0, 0.05) is 31.9 Å². The first-order valence-electron chi connectivity index (χ1n) is 5.57. The largest absolute Gasteiger partial charge is 0.333 e. The summed E-state index contributed by atoms with van der Waals surface area (Å²) in [6.45, 7) is 1.84. The van der Waals surface area contributed by atoms with Crippen molar-refractivity contribution in [3.8, 4) is 0 Å². The molecule has 1 heterocycles. The third-order valence-corrected chi connectivity index (χ3v) is 2.49. The van der Waals surface area contributed by atoms with E-state index >= 15 is 0 Å². The molecule has 0 aliphatic carbocycles. The molecule has 0 aliphatic rings. The minimum absolute atomic E-state index is 0.121. The normalized spacial score (nSPS) is 10.2. The van der Waals surface area contributed by atoms with Crippen molar-refractivity contribution in [1.29, 1.82) is 0 Å². The topological polar surface area (TPSA) is 90.1 Å². The van der Waals surface area contributed by atoms with Gasteiger partial charge in [0.2, 0.25) is 5.91 Å². The highest BCUT2D eigenvalue weighted by Crippen LogP contribution is 2.25. The molecule has 0 saturated heterocycles. The lowest BCUT2D eigenvalue weighted by Crippen LogP contribution is -2.09. The number of nitro groups is 1. The van der Waals surface area contributed by atoms with E-state index in [-0.39, 0.29) is 17.3 Å². The Morgan fingerprint density at radius 1 is 1.53 bits per heavy atom. The average molecular weight is 260 g/mol. The summed E-state index contributed by atoms with van der Waals surface area (Å²) in [6, 6.07) is 4.64. The number of carbonyl (C=O) groups excluding carboxylic acids is 1. The SMILES string of the molecule is CC(=O)Nc1cc(Cn2ccnc2)ccc1[N+](=O)[O-]. The van der Waals surface area contributed by atoms with Crippen LogP contribution in [0.15, 0.2) is 36.9 Å². The van der Waals surface area contributed by atoms with E-state index in [4.69, 9.17) is 0 Å². The van der Waals surface area contributed by atoms with Crippen LogP contribution in [0.25, 0.3) is 0 Å². The molecule has 1 amide bonds. The Balaban J connectivity index is 2.31. The number of aromatic nitrogens is 2. The number of imidazole rings is 1. The van der Waals surface area contributed by atoms with Crippen molar-refractivity contribution in [2.24, 2.45) is 0 Å². The third kappa shape index (κ3) is 3.15. The van der Waals surface area contributed by atoms with E-state index in [1.165, 1.54) is 13.0 Å². The Kier molecular flexibility index (Phi) is 3.56. The summed E-state index contributed by atoms with van der Waals surface area (Å²) >= 11 is 0. The summed E-state index contributed by atoms with van der Waals surface area (Å²) in [6.07, 6.45) is 5.10. The summed E-state index contributed by atoms with van der Waals surface area (Å²) in [4.78, 5) is 25.3. The highest BCUT2D eigenvalue weighted by molar-refractivity contribution is 5.91. The Hall–Kier alpha value is -2.70. The maximum Gasteiger partial charge on any atom is 0.292 e. The molecule has 0 fully saturated rings. The molecule has 7 nitrogen and oxygen atoms in total. The van der Waals surface area contributed by atoms with Crippen LogP contribution in [0.4, 0.5) is 11.4 Å². The lowest BCUT2D eigenvalue weighted by molar-refractivity contribution is -0.383. The molecule has 0 radical (unpaired) electrons. The second-order valence-electron chi connectivity index (χ2n) is 4.02. The standard InChI is InChI=1S/C12H12N4O3/c1-9(17)14-11-6-10(2-3-12(11)16(18)19)7-15-5-4-13-8-15/h2-6,8H,7H2,1H3,(H,14,17). The maximum atomic E-state index is 11.1. The number of nitrogens with zero attached hydrogens (tertiary/aromatic N) is 3. The fourth-order valence-electron chi connectivity index (χ4n) is 1.72. The van der Waals surface area contributed by atoms with Gasteiger partial charge in [0.25, 0.3) is 5.69 Å². The number of hydrogen-bond acceptors (Lipinski definition) is 4. The Morgan fingerprint density at radius 3 is 2.89 bits per heavy atom. The van der Waals surface area contributed by atoms with Gasteiger partial charge in [-0.3, -0.25) is 14.9 Å². The summed E-state index contributed by atoms with van der Waals surface area (Å²) in [5, 5.41) is 13.3. The van der Waals surface area contributed by atoms with Crippen LogP contribution in [0.2, 0.25) is 0 Å². The van der Waals surface area contributed by atoms with Crippen molar-refractivity contribution >= 4 is 17.3 Å². The summed E-state index contributed by atoms with van der Waals surface area (Å²) < 4.78 is 1.83. The van der Waals surface area contributed by atoms with E-state index in [2.05, 4.69) is 10.3 Å². The molecule has 0 atom stereocenters. The van der Waals surface area contributed by atoms with Gasteiger partial charge in [0.05, 0.1) is 11.3 Å². The zero-order chi connectivity index (χ0) is 13.8. The molecule has 0 aliphatic heterocycles. The van der Waals surface area contributed by atoms with Crippen molar-refractivity contribution < 1.29 is 9.72 Å². The number of carbonyl (C=O) groups is 1. The van der Waals surface area contributed by atoms with Crippen LogP contribution in [0, 0.1) is 10.1 Å². The molecule has 0 bridgehead atoms. The van der Waals surface area contributed by atoms with Gasteiger partial charge in [-0.15, -0.1) is 0 Å². The zero-order valence-electron chi connectivity index (χ0n) is 10.2. The predicted molar refractivity (Wildman–Crippen MR) is 68.7 cm³/mol. The van der Waals surface area contributed by atoms with Crippen LogP contribution >= 0.6 is 0 Å². The molecule has 2 aromatic rings. The number of nitro benzene ring substituents is 1. The molecule has 1 aromatic heterocycles. The van der Waals surface area contributed by atoms with Gasteiger partial charge in [-0.05, 0) is 11.6 Å². The van der Waals surface area contributed by atoms with E-state index in [9.17, 15) is 14.9 Å². The Labute approximate surface area is 109 Å². The van der Waals surface area contributed by atoms with Crippen LogP contribution in [0.1, 0.15) is 12.5 Å². The molecule has 19 heavy (non-hydrogen) atoms. The summed E-state index contributed by atoms with van der Waals surface area (Å²) in [7, 11) is 0. The number of rotatable bonds is 4. The van der Waals surface area contributed by atoms with Crippen LogP contribution < -0.4 is 5.32 Å². The number of benzene rings is 1. The highest BCUT2D eigenvalue weighted by atomic mass is 16.6. The smallest absolute Gasteiger partial charge is 0.292 e. The molecule has 2 rings (SSSR count). The molecule has 0 saturated carbocycles. The minimum atomic E-state index is -0.522. The zero-order valence-corrected chi connectivity index (χ0v) is 10.2. The molecule has 1 aromatic carbocycles. The third-order valence-electron chi connectivity index (χ3n) is 2.49. The van der Waals surface area contributed by atoms with Gasteiger partial charge >= 0.3 is 0 Å². The Bertz CT molecular complexity index is 607. The van der Waals surface area contributed by atoms with Crippen LogP contribution in [0.3, 0.4) is 0 Å². The maximum absolute atomic E-state index is 11.1. The second-order valence-corrected chi connectivity index (χ2v) is 4.02. The number of anilines is 1. The van der Waals surface area contributed by atoms with E-state index in [0.717, 1.165) is 5.56 Å². The summed E-state index contributed by atoms with van der Waals surface area (Å²) in [5.74, 6) is -0.345. The van der Waals surface area contributed by atoms with Gasteiger partial charge in [-0.1, -0.05) is 6.07 Å². The molecule has 0 unspecified atom stereocenters. The fourth-order valence-corrected chi connectivity index (χ4v) is 1.72. The molecular formula is C12H12N4O3. The molecule has 0 spiro atoms. The first-order valence-corrected chi connectivity index (χ1v) is 5.57. The first kappa shape index (κ1) is 12.7. The fraction of sp³-hybridized carbons (Fsp3) is 0.167. The van der Waals surface area contributed by atoms with Crippen LogP contribution in [-0.4, -0.2) is 20.4 Å². The minimum Gasteiger partial charge on any atom is -0.333 e. The van der Waals surface area contributed by atoms with Crippen molar-refractivity contribution in [3.63, 3.8) is 0 Å². The number of nitrogens with one attached hydrogen (secondary N) is 1. The van der Waals surface area contributed by atoms with Gasteiger partial charge in [0.1, 0.15) is 5.69 Å². The number of hydrogen-bond donors (Lipinski definition) is 1. The molecular weight excluding hydrogens is 248 g/mol. The lowest BCUT2D eigenvalue weighted by atomic mass is 10.1. The number of amides is 1. The van der Waals surface area contributed by atoms with Gasteiger partial charge in [0.15, 0.2) is 0 Å². The second kappa shape index (κ2) is 5.30. The van der Waals surface area contributed by atoms with Crippen molar-refractivity contribution in [3.05, 3.63) is 52.6 Å². The quantitative estimate of drug-likeness (QED) is 0.670. The van der Waals surface area contributed by atoms with Crippen molar-refractivity contribution in [2.45, 2.75) is 13.5 Å². The van der Waals surface area contributed by atoms with Crippen LogP contribution in [0.5, 0.6) is 0 Å². The first-order chi connectivity index (χ1) is 9.06. The summed E-state index contributed by atoms with van der Waals surface area (Å²) in [5.41, 5.74) is 0.923. The monoisotopic (exact) mass is 260 g/mol. The van der Waals surface area contributed by atoms with Gasteiger partial charge in [-0.25, -0.2) is 4.98 Å². The van der Waals surface area contributed by atoms with Gasteiger partial charge in [-0.2, -0.15) is 0 Å². The molecule has 7 heteroatoms. The molecule has 98 valence electrons.